The Morgan fingerprint density at radius 2 is 2.00 bits per heavy atom. The summed E-state index contributed by atoms with van der Waals surface area (Å²) < 4.78 is 0. The van der Waals surface area contributed by atoms with Crippen LogP contribution in [-0.4, -0.2) is 4.98 Å². The minimum Gasteiger partial charge on any atom is -0.236 e. The smallest absolute Gasteiger partial charge is 0.132 e. The maximum absolute atomic E-state index is 6.09. The Bertz CT molecular complexity index is 505. The predicted molar refractivity (Wildman–Crippen MR) is 70.1 cm³/mol. The van der Waals surface area contributed by atoms with Crippen LogP contribution in [-0.2, 0) is 12.8 Å². The van der Waals surface area contributed by atoms with Crippen LogP contribution < -0.4 is 0 Å². The second kappa shape index (κ2) is 4.84. The van der Waals surface area contributed by atoms with Crippen LogP contribution in [0.25, 0.3) is 10.9 Å². The van der Waals surface area contributed by atoms with Crippen molar-refractivity contribution in [1.29, 1.82) is 0 Å². The lowest BCUT2D eigenvalue weighted by molar-refractivity contribution is 0.923. The summed E-state index contributed by atoms with van der Waals surface area (Å²) in [7, 11) is 0. The van der Waals surface area contributed by atoms with E-state index < -0.39 is 0 Å². The highest BCUT2D eigenvalue weighted by molar-refractivity contribution is 6.30. The van der Waals surface area contributed by atoms with E-state index in [1.54, 1.807) is 0 Å². The molecule has 1 aromatic carbocycles. The molecular weight excluding hydrogens is 218 g/mol. The zero-order valence-corrected chi connectivity index (χ0v) is 10.5. The van der Waals surface area contributed by atoms with Gasteiger partial charge in [0.2, 0.25) is 0 Å². The Labute approximate surface area is 101 Å². The monoisotopic (exact) mass is 233 g/mol. The largest absolute Gasteiger partial charge is 0.236 e. The molecule has 1 nitrogen and oxygen atoms in total. The van der Waals surface area contributed by atoms with Crippen molar-refractivity contribution >= 4 is 22.5 Å². The van der Waals surface area contributed by atoms with E-state index in [0.717, 1.165) is 23.9 Å². The molecule has 0 amide bonds. The van der Waals surface area contributed by atoms with Gasteiger partial charge >= 0.3 is 0 Å². The standard InChI is InChI=1S/C14H16ClN/c1-3-5-10-6-7-13-12(8-10)9-11(4-2)14(15)16-13/h6-9H,3-5H2,1-2H3. The van der Waals surface area contributed by atoms with Gasteiger partial charge in [-0.25, -0.2) is 4.98 Å². The summed E-state index contributed by atoms with van der Waals surface area (Å²) in [6, 6.07) is 8.58. The molecule has 0 N–H and O–H groups in total. The van der Waals surface area contributed by atoms with Gasteiger partial charge in [0.1, 0.15) is 5.15 Å². The molecule has 2 heteroatoms. The quantitative estimate of drug-likeness (QED) is 0.716. The van der Waals surface area contributed by atoms with Gasteiger partial charge in [-0.3, -0.25) is 0 Å². The molecule has 0 aliphatic heterocycles. The fraction of sp³-hybridized carbons (Fsp3) is 0.357. The third-order valence-corrected chi connectivity index (χ3v) is 3.15. The van der Waals surface area contributed by atoms with Gasteiger partial charge in [-0.1, -0.05) is 37.9 Å². The first-order valence-electron chi connectivity index (χ1n) is 5.82. The van der Waals surface area contributed by atoms with Crippen molar-refractivity contribution in [2.45, 2.75) is 33.1 Å². The highest BCUT2D eigenvalue weighted by Crippen LogP contribution is 2.22. The fourth-order valence-corrected chi connectivity index (χ4v) is 2.22. The van der Waals surface area contributed by atoms with Crippen molar-refractivity contribution < 1.29 is 0 Å². The zero-order chi connectivity index (χ0) is 11.5. The van der Waals surface area contributed by atoms with Crippen molar-refractivity contribution in [3.63, 3.8) is 0 Å². The van der Waals surface area contributed by atoms with Gasteiger partial charge in [0.05, 0.1) is 5.52 Å². The zero-order valence-electron chi connectivity index (χ0n) is 9.76. The van der Waals surface area contributed by atoms with Crippen LogP contribution in [0.2, 0.25) is 5.15 Å². The van der Waals surface area contributed by atoms with Crippen molar-refractivity contribution in [3.8, 4) is 0 Å². The lowest BCUT2D eigenvalue weighted by Crippen LogP contribution is -1.90. The number of pyridine rings is 1. The number of halogens is 1. The minimum atomic E-state index is 0.637. The summed E-state index contributed by atoms with van der Waals surface area (Å²) in [6.45, 7) is 4.30. The Morgan fingerprint density at radius 1 is 1.19 bits per heavy atom. The maximum Gasteiger partial charge on any atom is 0.132 e. The molecular formula is C14H16ClN. The van der Waals surface area contributed by atoms with E-state index in [1.807, 2.05) is 0 Å². The Kier molecular flexibility index (Phi) is 3.45. The lowest BCUT2D eigenvalue weighted by Gasteiger charge is -2.05. The molecule has 1 aromatic heterocycles. The molecule has 0 atom stereocenters. The number of rotatable bonds is 3. The average molecular weight is 234 g/mol. The number of nitrogens with zero attached hydrogens (tertiary/aromatic N) is 1. The molecule has 0 saturated heterocycles. The molecule has 16 heavy (non-hydrogen) atoms. The fourth-order valence-electron chi connectivity index (χ4n) is 1.94. The van der Waals surface area contributed by atoms with Crippen LogP contribution in [0, 0.1) is 0 Å². The van der Waals surface area contributed by atoms with E-state index in [1.165, 1.54) is 17.4 Å². The van der Waals surface area contributed by atoms with Crippen LogP contribution in [0.3, 0.4) is 0 Å². The maximum atomic E-state index is 6.09. The Hall–Kier alpha value is -1.08. The molecule has 1 heterocycles. The molecule has 2 rings (SSSR count). The second-order valence-corrected chi connectivity index (χ2v) is 4.43. The van der Waals surface area contributed by atoms with Crippen molar-refractivity contribution in [3.05, 3.63) is 40.5 Å². The normalized spacial score (nSPS) is 10.9. The molecule has 0 radical (unpaired) electrons. The number of benzene rings is 1. The highest BCUT2D eigenvalue weighted by atomic mass is 35.5. The summed E-state index contributed by atoms with van der Waals surface area (Å²) >= 11 is 6.09. The SMILES string of the molecule is CCCc1ccc2nc(Cl)c(CC)cc2c1. The topological polar surface area (TPSA) is 12.9 Å². The van der Waals surface area contributed by atoms with E-state index in [2.05, 4.69) is 43.1 Å². The Balaban J connectivity index is 2.54. The van der Waals surface area contributed by atoms with Gasteiger partial charge in [0.25, 0.3) is 0 Å². The molecule has 0 unspecified atom stereocenters. The molecule has 0 spiro atoms. The minimum absolute atomic E-state index is 0.637. The second-order valence-electron chi connectivity index (χ2n) is 4.07. The van der Waals surface area contributed by atoms with Gasteiger partial charge in [-0.05, 0) is 42.2 Å². The van der Waals surface area contributed by atoms with E-state index in [9.17, 15) is 0 Å². The van der Waals surface area contributed by atoms with Crippen LogP contribution in [0.15, 0.2) is 24.3 Å². The van der Waals surface area contributed by atoms with Crippen molar-refractivity contribution in [2.24, 2.45) is 0 Å². The number of fused-ring (bicyclic) bond motifs is 1. The number of hydrogen-bond acceptors (Lipinski definition) is 1. The van der Waals surface area contributed by atoms with Gasteiger partial charge < -0.3 is 0 Å². The first kappa shape index (κ1) is 11.4. The summed E-state index contributed by atoms with van der Waals surface area (Å²) in [5, 5.41) is 1.84. The van der Waals surface area contributed by atoms with Crippen LogP contribution in [0.4, 0.5) is 0 Å². The molecule has 0 fully saturated rings. The van der Waals surface area contributed by atoms with E-state index >= 15 is 0 Å². The first-order valence-corrected chi connectivity index (χ1v) is 6.20. The summed E-state index contributed by atoms with van der Waals surface area (Å²) in [4.78, 5) is 4.41. The van der Waals surface area contributed by atoms with Gasteiger partial charge in [-0.2, -0.15) is 0 Å². The molecule has 0 aliphatic carbocycles. The molecule has 0 bridgehead atoms. The average Bonchev–Trinajstić information content (AvgIpc) is 2.29. The van der Waals surface area contributed by atoms with Crippen LogP contribution in [0.5, 0.6) is 0 Å². The van der Waals surface area contributed by atoms with Crippen molar-refractivity contribution in [1.82, 2.24) is 4.98 Å². The first-order chi connectivity index (χ1) is 7.74. The Morgan fingerprint density at radius 3 is 2.69 bits per heavy atom. The summed E-state index contributed by atoms with van der Waals surface area (Å²) in [5.74, 6) is 0. The lowest BCUT2D eigenvalue weighted by atomic mass is 10.1. The molecule has 84 valence electrons. The summed E-state index contributed by atoms with van der Waals surface area (Å²) in [5.41, 5.74) is 3.49. The predicted octanol–water partition coefficient (Wildman–Crippen LogP) is 4.40. The molecule has 2 aromatic rings. The number of aromatic nitrogens is 1. The van der Waals surface area contributed by atoms with Gasteiger partial charge in [-0.15, -0.1) is 0 Å². The third kappa shape index (κ3) is 2.19. The van der Waals surface area contributed by atoms with E-state index in [0.29, 0.717) is 5.15 Å². The van der Waals surface area contributed by atoms with E-state index in [4.69, 9.17) is 11.6 Å². The highest BCUT2D eigenvalue weighted by Gasteiger charge is 2.03. The molecule has 0 aliphatic rings. The van der Waals surface area contributed by atoms with Gasteiger partial charge in [0.15, 0.2) is 0 Å². The van der Waals surface area contributed by atoms with Gasteiger partial charge in [0, 0.05) is 5.39 Å². The number of aryl methyl sites for hydroxylation is 2. The molecule has 0 saturated carbocycles. The van der Waals surface area contributed by atoms with Crippen molar-refractivity contribution in [2.75, 3.05) is 0 Å². The van der Waals surface area contributed by atoms with E-state index in [-0.39, 0.29) is 0 Å². The van der Waals surface area contributed by atoms with Crippen LogP contribution in [0.1, 0.15) is 31.4 Å². The number of hydrogen-bond donors (Lipinski definition) is 0. The third-order valence-electron chi connectivity index (χ3n) is 2.82. The van der Waals surface area contributed by atoms with Crippen LogP contribution >= 0.6 is 11.6 Å². The summed E-state index contributed by atoms with van der Waals surface area (Å²) in [6.07, 6.45) is 3.23.